The smallest absolute Gasteiger partial charge is 0.378 e. The summed E-state index contributed by atoms with van der Waals surface area (Å²) >= 11 is 6.11. The Kier molecular flexibility index (Phi) is 6.86. The van der Waals surface area contributed by atoms with Gasteiger partial charge >= 0.3 is 6.18 Å². The average Bonchev–Trinajstić information content (AvgIpc) is 2.75. The van der Waals surface area contributed by atoms with E-state index in [1.807, 2.05) is 0 Å². The fourth-order valence-electron chi connectivity index (χ4n) is 2.64. The number of rotatable bonds is 7. The monoisotopic (exact) mass is 487 g/mol. The van der Waals surface area contributed by atoms with E-state index in [9.17, 15) is 26.4 Å². The first-order valence-corrected chi connectivity index (χ1v) is 11.1. The minimum atomic E-state index is -4.55. The topological polar surface area (TPSA) is 106 Å². The van der Waals surface area contributed by atoms with Crippen molar-refractivity contribution in [3.63, 3.8) is 0 Å². The lowest BCUT2D eigenvalue weighted by molar-refractivity contribution is -0.137. The van der Waals surface area contributed by atoms with Gasteiger partial charge in [-0.05, 0) is 30.3 Å². The van der Waals surface area contributed by atoms with Crippen molar-refractivity contribution in [3.8, 4) is 5.82 Å². The van der Waals surface area contributed by atoms with Gasteiger partial charge in [0.2, 0.25) is 10.0 Å². The Hall–Kier alpha value is -2.96. The Morgan fingerprint density at radius 3 is 2.28 bits per heavy atom. The predicted molar refractivity (Wildman–Crippen MR) is 113 cm³/mol. The largest absolute Gasteiger partial charge is 0.417 e. The van der Waals surface area contributed by atoms with Crippen molar-refractivity contribution in [2.45, 2.75) is 18.5 Å². The fraction of sp³-hybridized carbons (Fsp3) is 0.211. The maximum absolute atomic E-state index is 12.7. The van der Waals surface area contributed by atoms with Gasteiger partial charge in [0.25, 0.3) is 5.56 Å². The van der Waals surface area contributed by atoms with Crippen LogP contribution in [-0.2, 0) is 28.5 Å². The second kappa shape index (κ2) is 9.27. The summed E-state index contributed by atoms with van der Waals surface area (Å²) in [5.41, 5.74) is -0.0823. The number of hydrogen-bond donors (Lipinski definition) is 2. The Balaban J connectivity index is 1.73. The lowest BCUT2D eigenvalue weighted by atomic mass is 10.1. The summed E-state index contributed by atoms with van der Waals surface area (Å²) in [7, 11) is -2.04. The number of sulfonamides is 1. The quantitative estimate of drug-likeness (QED) is 0.531. The van der Waals surface area contributed by atoms with Crippen LogP contribution in [0.25, 0.3) is 5.82 Å². The molecular weight excluding hydrogens is 471 g/mol. The summed E-state index contributed by atoms with van der Waals surface area (Å²) in [6.07, 6.45) is -2.68. The van der Waals surface area contributed by atoms with Crippen molar-refractivity contribution >= 4 is 27.3 Å². The molecule has 170 valence electrons. The molecule has 2 heterocycles. The van der Waals surface area contributed by atoms with E-state index in [0.29, 0.717) is 11.8 Å². The normalized spacial score (nSPS) is 12.0. The Bertz CT molecular complexity index is 1260. The zero-order valence-electron chi connectivity index (χ0n) is 16.5. The van der Waals surface area contributed by atoms with Gasteiger partial charge in [0.05, 0.1) is 23.2 Å². The van der Waals surface area contributed by atoms with Crippen LogP contribution in [0.3, 0.4) is 0 Å². The fourth-order valence-corrected chi connectivity index (χ4v) is 3.61. The van der Waals surface area contributed by atoms with Crippen LogP contribution in [0, 0.1) is 0 Å². The third-order valence-corrected chi connectivity index (χ3v) is 6.09. The maximum Gasteiger partial charge on any atom is 0.417 e. The van der Waals surface area contributed by atoms with Crippen LogP contribution < -0.4 is 15.6 Å². The van der Waals surface area contributed by atoms with Crippen LogP contribution in [0.1, 0.15) is 16.7 Å². The lowest BCUT2D eigenvalue weighted by Crippen LogP contribution is -2.23. The molecule has 13 heteroatoms. The Labute approximate surface area is 186 Å². The molecule has 32 heavy (non-hydrogen) atoms. The van der Waals surface area contributed by atoms with E-state index in [4.69, 9.17) is 11.6 Å². The number of anilines is 1. The number of nitrogens with one attached hydrogen (secondary N) is 2. The molecule has 0 saturated carbocycles. The first kappa shape index (κ1) is 23.7. The van der Waals surface area contributed by atoms with Gasteiger partial charge in [-0.15, -0.1) is 0 Å². The van der Waals surface area contributed by atoms with Gasteiger partial charge in [-0.2, -0.15) is 23.0 Å². The zero-order valence-corrected chi connectivity index (χ0v) is 18.1. The molecular formula is C19H17ClF3N5O3S. The van der Waals surface area contributed by atoms with Gasteiger partial charge in [0, 0.05) is 12.7 Å². The van der Waals surface area contributed by atoms with Gasteiger partial charge in [-0.3, -0.25) is 4.79 Å². The van der Waals surface area contributed by atoms with E-state index < -0.39 is 27.3 Å². The molecule has 8 nitrogen and oxygen atoms in total. The van der Waals surface area contributed by atoms with Crippen LogP contribution in [0.4, 0.5) is 18.9 Å². The summed E-state index contributed by atoms with van der Waals surface area (Å²) in [4.78, 5) is 16.1. The highest BCUT2D eigenvalue weighted by Gasteiger charge is 2.30. The molecule has 0 amide bonds. The van der Waals surface area contributed by atoms with Crippen molar-refractivity contribution in [2.75, 3.05) is 12.4 Å². The number of hydrogen-bond acceptors (Lipinski definition) is 6. The highest BCUT2D eigenvalue weighted by Crippen LogP contribution is 2.28. The second-order valence-corrected chi connectivity index (χ2v) is 8.93. The molecule has 3 aromatic rings. The van der Waals surface area contributed by atoms with Crippen LogP contribution in [0.15, 0.2) is 53.6 Å². The zero-order chi connectivity index (χ0) is 23.5. The minimum absolute atomic E-state index is 0.108. The summed E-state index contributed by atoms with van der Waals surface area (Å²) in [5, 5.41) is 6.66. The molecule has 2 N–H and O–H groups in total. The van der Waals surface area contributed by atoms with E-state index in [-0.39, 0.29) is 28.8 Å². The highest BCUT2D eigenvalue weighted by molar-refractivity contribution is 7.88. The van der Waals surface area contributed by atoms with Crippen LogP contribution in [0.5, 0.6) is 0 Å². The summed E-state index contributed by atoms with van der Waals surface area (Å²) in [6.45, 7) is 0.266. The van der Waals surface area contributed by atoms with Crippen LogP contribution in [-0.4, -0.2) is 30.2 Å². The average molecular weight is 488 g/mol. The number of nitrogens with zero attached hydrogens (tertiary/aromatic N) is 3. The van der Waals surface area contributed by atoms with E-state index in [0.717, 1.165) is 22.4 Å². The van der Waals surface area contributed by atoms with Crippen molar-refractivity contribution < 1.29 is 21.6 Å². The molecule has 2 aromatic heterocycles. The van der Waals surface area contributed by atoms with Gasteiger partial charge < -0.3 is 5.32 Å². The summed E-state index contributed by atoms with van der Waals surface area (Å²) < 4.78 is 64.2. The van der Waals surface area contributed by atoms with Crippen molar-refractivity contribution in [1.29, 1.82) is 0 Å². The summed E-state index contributed by atoms with van der Waals surface area (Å²) in [5.74, 6) is -0.257. The van der Waals surface area contributed by atoms with Gasteiger partial charge in [-0.25, -0.2) is 18.1 Å². The molecule has 0 aliphatic rings. The Morgan fingerprint density at radius 1 is 1.06 bits per heavy atom. The van der Waals surface area contributed by atoms with Gasteiger partial charge in [0.1, 0.15) is 5.02 Å². The Morgan fingerprint density at radius 2 is 1.72 bits per heavy atom. The molecule has 3 rings (SSSR count). The van der Waals surface area contributed by atoms with Crippen LogP contribution in [0.2, 0.25) is 5.02 Å². The predicted octanol–water partition coefficient (Wildman–Crippen LogP) is 2.96. The highest BCUT2D eigenvalue weighted by atomic mass is 35.5. The molecule has 0 aliphatic carbocycles. The first-order chi connectivity index (χ1) is 15.0. The van der Waals surface area contributed by atoms with E-state index >= 15 is 0 Å². The molecule has 0 atom stereocenters. The second-order valence-electron chi connectivity index (χ2n) is 6.63. The van der Waals surface area contributed by atoms with Gasteiger partial charge in [-0.1, -0.05) is 35.9 Å². The molecule has 0 unspecified atom stereocenters. The molecule has 0 aliphatic heterocycles. The third kappa shape index (κ3) is 5.64. The molecule has 0 fully saturated rings. The lowest BCUT2D eigenvalue weighted by Gasteiger charge is -2.11. The van der Waals surface area contributed by atoms with E-state index in [1.165, 1.54) is 13.2 Å². The number of benzene rings is 1. The number of pyridine rings is 1. The number of halogens is 4. The van der Waals surface area contributed by atoms with Crippen molar-refractivity contribution in [3.05, 3.63) is 80.9 Å². The molecule has 1 aromatic carbocycles. The first-order valence-electron chi connectivity index (χ1n) is 9.04. The number of aromatic nitrogens is 3. The molecule has 0 radical (unpaired) electrons. The van der Waals surface area contributed by atoms with E-state index in [1.54, 1.807) is 24.3 Å². The third-order valence-electron chi connectivity index (χ3n) is 4.38. The maximum atomic E-state index is 12.7. The summed E-state index contributed by atoms with van der Waals surface area (Å²) in [6, 6.07) is 8.60. The van der Waals surface area contributed by atoms with E-state index in [2.05, 4.69) is 20.1 Å². The van der Waals surface area contributed by atoms with Crippen molar-refractivity contribution in [1.82, 2.24) is 19.5 Å². The van der Waals surface area contributed by atoms with Crippen molar-refractivity contribution in [2.24, 2.45) is 0 Å². The van der Waals surface area contributed by atoms with Gasteiger partial charge in [0.15, 0.2) is 5.82 Å². The number of alkyl halides is 3. The SMILES string of the molecule is CNS(=O)(=O)Cc1ccc(CNc2cnn(-c3ccc(C(F)(F)F)cn3)c(=O)c2Cl)cc1. The molecule has 0 bridgehead atoms. The molecule has 0 saturated heterocycles. The molecule has 0 spiro atoms. The minimum Gasteiger partial charge on any atom is -0.378 e. The van der Waals surface area contributed by atoms with Crippen LogP contribution >= 0.6 is 11.6 Å². The standard InChI is InChI=1S/C19H17ClF3N5O3S/c1-24-32(30,31)11-13-4-2-12(3-5-13)8-25-15-10-27-28(18(29)17(15)20)16-7-6-14(9-26-16)19(21,22)23/h2-7,9-10,24-25H,8,11H2,1H3.